The normalized spacial score (nSPS) is 11.8. The molecule has 0 aliphatic heterocycles. The van der Waals surface area contributed by atoms with Crippen LogP contribution in [0.4, 0.5) is 0 Å². The number of para-hydroxylation sites is 3. The number of fused-ring (bicyclic) bond motifs is 4. The predicted molar refractivity (Wildman–Crippen MR) is 113 cm³/mol. The van der Waals surface area contributed by atoms with Crippen LogP contribution in [-0.2, 0) is 7.05 Å². The summed E-state index contributed by atoms with van der Waals surface area (Å²) in [7, 11) is 2.12. The molecule has 0 aliphatic rings. The van der Waals surface area contributed by atoms with Crippen LogP contribution in [0.3, 0.4) is 0 Å². The van der Waals surface area contributed by atoms with Crippen LogP contribution < -0.4 is 4.57 Å². The van der Waals surface area contributed by atoms with Gasteiger partial charge in [-0.3, -0.25) is 0 Å². The number of benzene rings is 3. The largest absolute Gasteiger partial charge is 0.381 e. The second-order valence-electron chi connectivity index (χ2n) is 7.34. The summed E-state index contributed by atoms with van der Waals surface area (Å²) < 4.78 is 12.0. The maximum Gasteiger partial charge on any atom is 0.297 e. The molecule has 6 aromatic rings. The van der Waals surface area contributed by atoms with Crippen molar-refractivity contribution >= 4 is 27.7 Å². The highest BCUT2D eigenvalue weighted by molar-refractivity contribution is 5.95. The van der Waals surface area contributed by atoms with Gasteiger partial charge in [-0.05, 0) is 42.8 Å². The average Bonchev–Trinajstić information content (AvgIpc) is 3.41. The van der Waals surface area contributed by atoms with Crippen LogP contribution in [-0.4, -0.2) is 14.1 Å². The Morgan fingerprint density at radius 2 is 1.66 bits per heavy atom. The minimum Gasteiger partial charge on any atom is -0.381 e. The zero-order chi connectivity index (χ0) is 19.5. The molecule has 5 heteroatoms. The van der Waals surface area contributed by atoms with Gasteiger partial charge < -0.3 is 4.52 Å². The Balaban J connectivity index is 1.82. The van der Waals surface area contributed by atoms with E-state index in [2.05, 4.69) is 83.8 Å². The minimum atomic E-state index is 0.817. The van der Waals surface area contributed by atoms with Crippen molar-refractivity contribution in [2.45, 2.75) is 6.92 Å². The molecule has 0 amide bonds. The summed E-state index contributed by atoms with van der Waals surface area (Å²) in [6.45, 7) is 2.14. The molecule has 3 aromatic carbocycles. The van der Waals surface area contributed by atoms with Crippen LogP contribution in [0.2, 0.25) is 0 Å². The van der Waals surface area contributed by atoms with Gasteiger partial charge >= 0.3 is 0 Å². The molecule has 0 aliphatic carbocycles. The van der Waals surface area contributed by atoms with E-state index < -0.39 is 0 Å². The summed E-state index contributed by atoms with van der Waals surface area (Å²) in [5.41, 5.74) is 8.48. The van der Waals surface area contributed by atoms with Gasteiger partial charge in [-0.15, -0.1) is 0 Å². The SMILES string of the molecule is Cc1ccc2c(nc3ccon32)c1-c1n(-c2ccccc2)c2ccccc2[n+]1C. The second kappa shape index (κ2) is 5.82. The number of nitrogens with zero attached hydrogens (tertiary/aromatic N) is 4. The third-order valence-corrected chi connectivity index (χ3v) is 5.65. The van der Waals surface area contributed by atoms with Crippen molar-refractivity contribution in [1.29, 1.82) is 0 Å². The highest BCUT2D eigenvalue weighted by Crippen LogP contribution is 2.34. The average molecular weight is 379 g/mol. The van der Waals surface area contributed by atoms with Gasteiger partial charge in [-0.25, -0.2) is 9.55 Å². The zero-order valence-electron chi connectivity index (χ0n) is 16.2. The van der Waals surface area contributed by atoms with Gasteiger partial charge in [0.25, 0.3) is 5.82 Å². The quantitative estimate of drug-likeness (QED) is 0.405. The van der Waals surface area contributed by atoms with E-state index >= 15 is 0 Å². The van der Waals surface area contributed by atoms with Crippen molar-refractivity contribution in [2.75, 3.05) is 0 Å². The Morgan fingerprint density at radius 1 is 0.862 bits per heavy atom. The van der Waals surface area contributed by atoms with Gasteiger partial charge in [0.1, 0.15) is 23.0 Å². The molecule has 5 nitrogen and oxygen atoms in total. The summed E-state index contributed by atoms with van der Waals surface area (Å²) in [6.07, 6.45) is 1.67. The molecule has 0 saturated carbocycles. The van der Waals surface area contributed by atoms with Crippen molar-refractivity contribution in [3.63, 3.8) is 0 Å². The number of rotatable bonds is 2. The molecule has 0 saturated heterocycles. The first-order valence-electron chi connectivity index (χ1n) is 9.65. The first-order chi connectivity index (χ1) is 14.2. The number of imidazole rings is 2. The Bertz CT molecular complexity index is 1520. The van der Waals surface area contributed by atoms with Crippen LogP contribution in [0.15, 0.2) is 83.6 Å². The molecule has 0 spiro atoms. The van der Waals surface area contributed by atoms with E-state index in [0.717, 1.165) is 39.3 Å². The lowest BCUT2D eigenvalue weighted by Crippen LogP contribution is -2.30. The van der Waals surface area contributed by atoms with Crippen molar-refractivity contribution in [2.24, 2.45) is 7.05 Å². The fourth-order valence-electron chi connectivity index (χ4n) is 4.32. The number of aryl methyl sites for hydroxylation is 2. The van der Waals surface area contributed by atoms with Crippen LogP contribution in [0, 0.1) is 6.92 Å². The Labute approximate surface area is 167 Å². The summed E-state index contributed by atoms with van der Waals surface area (Å²) in [5.74, 6) is 1.10. The maximum absolute atomic E-state index is 5.65. The Morgan fingerprint density at radius 3 is 2.52 bits per heavy atom. The maximum atomic E-state index is 5.65. The monoisotopic (exact) mass is 379 g/mol. The molecule has 0 bridgehead atoms. The molecule has 3 heterocycles. The van der Waals surface area contributed by atoms with Gasteiger partial charge in [0.2, 0.25) is 0 Å². The van der Waals surface area contributed by atoms with Gasteiger partial charge in [0, 0.05) is 6.07 Å². The fourth-order valence-corrected chi connectivity index (χ4v) is 4.32. The zero-order valence-corrected chi connectivity index (χ0v) is 16.2. The third kappa shape index (κ3) is 2.15. The molecule has 0 radical (unpaired) electrons. The molecular formula is C24H19N4O+. The van der Waals surface area contributed by atoms with Gasteiger partial charge in [0.15, 0.2) is 16.7 Å². The standard InChI is InChI=1S/C24H19N4O/c1-16-12-13-20-23(25-21-14-15-29-28(20)21)22(16)24-26(2)18-10-6-7-11-19(18)27(24)17-8-4-3-5-9-17/h3-15H,1-2H3/q+1. The Hall–Kier alpha value is -3.86. The molecule has 3 aromatic heterocycles. The molecule has 6 rings (SSSR count). The summed E-state index contributed by atoms with van der Waals surface area (Å²) in [6, 6.07) is 25.1. The number of aromatic nitrogens is 4. The number of hydrogen-bond acceptors (Lipinski definition) is 2. The number of hydrogen-bond donors (Lipinski definition) is 0. The molecule has 0 fully saturated rings. The smallest absolute Gasteiger partial charge is 0.297 e. The van der Waals surface area contributed by atoms with Crippen molar-refractivity contribution < 1.29 is 9.09 Å². The lowest BCUT2D eigenvalue weighted by atomic mass is 10.1. The van der Waals surface area contributed by atoms with Crippen molar-refractivity contribution in [3.05, 3.63) is 84.6 Å². The molecular weight excluding hydrogens is 360 g/mol. The third-order valence-electron chi connectivity index (χ3n) is 5.65. The minimum absolute atomic E-state index is 0.817. The fraction of sp³-hybridized carbons (Fsp3) is 0.0833. The van der Waals surface area contributed by atoms with Gasteiger partial charge in [0.05, 0.1) is 12.6 Å². The lowest BCUT2D eigenvalue weighted by Gasteiger charge is -2.07. The second-order valence-corrected chi connectivity index (χ2v) is 7.34. The summed E-state index contributed by atoms with van der Waals surface area (Å²) in [4.78, 5) is 4.90. The highest BCUT2D eigenvalue weighted by atomic mass is 16.5. The predicted octanol–water partition coefficient (Wildman–Crippen LogP) is 4.82. The van der Waals surface area contributed by atoms with Crippen LogP contribution >= 0.6 is 0 Å². The molecule has 0 atom stereocenters. The van der Waals surface area contributed by atoms with E-state index in [9.17, 15) is 0 Å². The van der Waals surface area contributed by atoms with E-state index in [1.54, 1.807) is 10.8 Å². The lowest BCUT2D eigenvalue weighted by molar-refractivity contribution is -0.633. The molecule has 0 unspecified atom stereocenters. The van der Waals surface area contributed by atoms with E-state index in [4.69, 9.17) is 9.51 Å². The Kier molecular flexibility index (Phi) is 3.23. The van der Waals surface area contributed by atoms with Crippen LogP contribution in [0.1, 0.15) is 5.56 Å². The van der Waals surface area contributed by atoms with E-state index in [1.807, 2.05) is 12.1 Å². The van der Waals surface area contributed by atoms with Gasteiger partial charge in [-0.1, -0.05) is 36.4 Å². The van der Waals surface area contributed by atoms with Gasteiger partial charge in [-0.2, -0.15) is 9.14 Å². The summed E-state index contributed by atoms with van der Waals surface area (Å²) >= 11 is 0. The molecule has 29 heavy (non-hydrogen) atoms. The van der Waals surface area contributed by atoms with Crippen LogP contribution in [0.25, 0.3) is 44.8 Å². The van der Waals surface area contributed by atoms with E-state index in [-0.39, 0.29) is 0 Å². The van der Waals surface area contributed by atoms with E-state index in [1.165, 1.54) is 11.1 Å². The molecule has 140 valence electrons. The van der Waals surface area contributed by atoms with Crippen LogP contribution in [0.5, 0.6) is 0 Å². The topological polar surface area (TPSA) is 39.3 Å². The first kappa shape index (κ1) is 16.1. The van der Waals surface area contributed by atoms with Crippen molar-refractivity contribution in [1.82, 2.24) is 14.1 Å². The van der Waals surface area contributed by atoms with E-state index in [0.29, 0.717) is 0 Å². The first-order valence-corrected chi connectivity index (χ1v) is 9.65. The summed E-state index contributed by atoms with van der Waals surface area (Å²) in [5, 5.41) is 0. The van der Waals surface area contributed by atoms with Crippen molar-refractivity contribution in [3.8, 4) is 17.1 Å². The highest BCUT2D eigenvalue weighted by Gasteiger charge is 2.29. The molecule has 0 N–H and O–H groups in total.